The quantitative estimate of drug-likeness (QED) is 0.750. The van der Waals surface area contributed by atoms with Crippen molar-refractivity contribution in [1.29, 1.82) is 0 Å². The second-order valence-electron chi connectivity index (χ2n) is 6.85. The van der Waals surface area contributed by atoms with Crippen molar-refractivity contribution < 1.29 is 9.53 Å². The zero-order valence-electron chi connectivity index (χ0n) is 15.1. The number of hydrogen-bond acceptors (Lipinski definition) is 6. The van der Waals surface area contributed by atoms with E-state index in [9.17, 15) is 4.79 Å². The number of piperidine rings is 1. The Hall–Kier alpha value is -1.76. The molecule has 2 rings (SSSR count). The van der Waals surface area contributed by atoms with Gasteiger partial charge in [-0.15, -0.1) is 0 Å². The number of hydrogen-bond donors (Lipinski definition) is 2. The van der Waals surface area contributed by atoms with Gasteiger partial charge < -0.3 is 20.7 Å². The molecule has 1 amide bonds. The minimum Gasteiger partial charge on any atom is -0.444 e. The van der Waals surface area contributed by atoms with Gasteiger partial charge in [0.1, 0.15) is 16.6 Å². The van der Waals surface area contributed by atoms with Gasteiger partial charge in [-0.3, -0.25) is 0 Å². The molecule has 1 aliphatic rings. The monoisotopic (exact) mass is 357 g/mol. The zero-order chi connectivity index (χ0) is 18.3. The Morgan fingerprint density at radius 2 is 2.12 bits per heavy atom. The molecule has 1 atom stereocenters. The molecule has 1 saturated heterocycles. The highest BCUT2D eigenvalue weighted by Gasteiger charge is 2.18. The Morgan fingerprint density at radius 3 is 2.58 bits per heavy atom. The van der Waals surface area contributed by atoms with Crippen molar-refractivity contribution in [2.24, 2.45) is 5.92 Å². The molecule has 0 radical (unpaired) electrons. The number of anilines is 2. The molecule has 1 aliphatic heterocycles. The normalized spacial score (nSPS) is 17.6. The predicted octanol–water partition coefficient (Wildman–Crippen LogP) is 3.09. The molecule has 1 unspecified atom stereocenters. The number of nitrogen functional groups attached to an aromatic ring is 1. The van der Waals surface area contributed by atoms with Gasteiger partial charge in [0.05, 0.1) is 0 Å². The van der Waals surface area contributed by atoms with E-state index in [1.165, 1.54) is 19.9 Å². The lowest BCUT2D eigenvalue weighted by molar-refractivity contribution is 0.0541. The number of rotatable bonds is 1. The van der Waals surface area contributed by atoms with E-state index >= 15 is 0 Å². The van der Waals surface area contributed by atoms with E-state index in [4.69, 9.17) is 22.1 Å². The summed E-state index contributed by atoms with van der Waals surface area (Å²) >= 11 is 5.85. The number of nitrogens with two attached hydrogens (primary N) is 1. The van der Waals surface area contributed by atoms with Crippen LogP contribution in [0, 0.1) is 5.92 Å². The van der Waals surface area contributed by atoms with Crippen LogP contribution in [0.1, 0.15) is 40.5 Å². The van der Waals surface area contributed by atoms with Gasteiger partial charge in [-0.05, 0) is 39.5 Å². The van der Waals surface area contributed by atoms with Crippen molar-refractivity contribution in [2.45, 2.75) is 46.1 Å². The van der Waals surface area contributed by atoms with Gasteiger partial charge in [-0.2, -0.15) is 4.98 Å². The maximum atomic E-state index is 10.5. The van der Waals surface area contributed by atoms with Crippen LogP contribution in [0.4, 0.5) is 16.6 Å². The molecular formula is C16H28ClN5O2. The highest BCUT2D eigenvalue weighted by Crippen LogP contribution is 2.23. The molecule has 1 fully saturated rings. The van der Waals surface area contributed by atoms with Gasteiger partial charge in [0.2, 0.25) is 5.95 Å². The molecule has 7 nitrogen and oxygen atoms in total. The maximum Gasteiger partial charge on any atom is 0.407 e. The fraction of sp³-hybridized carbons (Fsp3) is 0.688. The molecule has 1 aromatic rings. The van der Waals surface area contributed by atoms with Crippen LogP contribution < -0.4 is 16.0 Å². The number of carbonyl (C=O) groups is 1. The maximum absolute atomic E-state index is 10.5. The van der Waals surface area contributed by atoms with E-state index in [1.54, 1.807) is 6.07 Å². The van der Waals surface area contributed by atoms with Crippen LogP contribution in [0.3, 0.4) is 0 Å². The number of amides is 1. The number of aromatic nitrogens is 2. The smallest absolute Gasteiger partial charge is 0.407 e. The lowest BCUT2D eigenvalue weighted by atomic mass is 10.0. The van der Waals surface area contributed by atoms with E-state index in [-0.39, 0.29) is 17.6 Å². The van der Waals surface area contributed by atoms with E-state index in [0.717, 1.165) is 18.9 Å². The molecule has 1 aromatic heterocycles. The third kappa shape index (κ3) is 7.68. The summed E-state index contributed by atoms with van der Waals surface area (Å²) in [5.74, 6) is 1.79. The average Bonchev–Trinajstić information content (AvgIpc) is 2.45. The minimum atomic E-state index is -0.389. The molecule has 0 aliphatic carbocycles. The van der Waals surface area contributed by atoms with Crippen LogP contribution in [0.15, 0.2) is 6.07 Å². The van der Waals surface area contributed by atoms with Gasteiger partial charge in [-0.1, -0.05) is 18.5 Å². The molecule has 0 bridgehead atoms. The summed E-state index contributed by atoms with van der Waals surface area (Å²) in [6, 6.07) is 1.77. The molecule has 0 spiro atoms. The first kappa shape index (κ1) is 20.3. The third-order valence-electron chi connectivity index (χ3n) is 3.28. The summed E-state index contributed by atoms with van der Waals surface area (Å²) in [5, 5.41) is 2.77. The summed E-state index contributed by atoms with van der Waals surface area (Å²) in [4.78, 5) is 20.8. The topological polar surface area (TPSA) is 93.4 Å². The highest BCUT2D eigenvalue weighted by atomic mass is 35.5. The summed E-state index contributed by atoms with van der Waals surface area (Å²) in [5.41, 5.74) is 5.18. The van der Waals surface area contributed by atoms with Gasteiger partial charge in [0, 0.05) is 26.2 Å². The van der Waals surface area contributed by atoms with Crippen molar-refractivity contribution in [3.63, 3.8) is 0 Å². The van der Waals surface area contributed by atoms with Crippen LogP contribution in [0.25, 0.3) is 0 Å². The molecular weight excluding hydrogens is 330 g/mol. The Morgan fingerprint density at radius 1 is 1.46 bits per heavy atom. The molecule has 0 aromatic carbocycles. The zero-order valence-corrected chi connectivity index (χ0v) is 15.9. The van der Waals surface area contributed by atoms with Gasteiger partial charge in [0.25, 0.3) is 0 Å². The van der Waals surface area contributed by atoms with Crippen LogP contribution >= 0.6 is 11.6 Å². The summed E-state index contributed by atoms with van der Waals surface area (Å²) in [6.45, 7) is 9.76. The molecule has 24 heavy (non-hydrogen) atoms. The van der Waals surface area contributed by atoms with Crippen molar-refractivity contribution in [3.05, 3.63) is 11.2 Å². The third-order valence-corrected chi connectivity index (χ3v) is 3.48. The fourth-order valence-corrected chi connectivity index (χ4v) is 2.50. The van der Waals surface area contributed by atoms with Gasteiger partial charge in [0.15, 0.2) is 0 Å². The summed E-state index contributed by atoms with van der Waals surface area (Å²) in [7, 11) is 1.54. The first-order valence-corrected chi connectivity index (χ1v) is 8.44. The first-order chi connectivity index (χ1) is 11.1. The lowest BCUT2D eigenvalue weighted by Gasteiger charge is -2.31. The molecule has 0 saturated carbocycles. The van der Waals surface area contributed by atoms with Crippen molar-refractivity contribution in [2.75, 3.05) is 30.8 Å². The van der Waals surface area contributed by atoms with Crippen LogP contribution in [0.2, 0.25) is 5.15 Å². The Kier molecular flexibility index (Phi) is 7.54. The average molecular weight is 358 g/mol. The van der Waals surface area contributed by atoms with Crippen molar-refractivity contribution in [1.82, 2.24) is 15.3 Å². The number of nitrogens with zero attached hydrogens (tertiary/aromatic N) is 3. The van der Waals surface area contributed by atoms with Crippen molar-refractivity contribution in [3.8, 4) is 0 Å². The van der Waals surface area contributed by atoms with E-state index < -0.39 is 0 Å². The minimum absolute atomic E-state index is 0.246. The number of nitrogens with one attached hydrogen (secondary N) is 1. The lowest BCUT2D eigenvalue weighted by Crippen LogP contribution is -2.34. The van der Waals surface area contributed by atoms with E-state index in [2.05, 4.69) is 27.1 Å². The van der Waals surface area contributed by atoms with Crippen LogP contribution in [-0.2, 0) is 4.74 Å². The predicted molar refractivity (Wildman–Crippen MR) is 97.4 cm³/mol. The SMILES string of the molecule is CC1CCCN(c2cc(Cl)nc(N)n2)C1.CNC(=O)OC(C)(C)C. The van der Waals surface area contributed by atoms with Crippen molar-refractivity contribution >= 4 is 29.5 Å². The molecule has 3 N–H and O–H groups in total. The number of alkyl carbamates (subject to hydrolysis) is 1. The van der Waals surface area contributed by atoms with E-state index in [0.29, 0.717) is 11.1 Å². The highest BCUT2D eigenvalue weighted by molar-refractivity contribution is 6.29. The van der Waals surface area contributed by atoms with Crippen LogP contribution in [-0.4, -0.2) is 41.8 Å². The number of carbonyl (C=O) groups excluding carboxylic acids is 1. The largest absolute Gasteiger partial charge is 0.444 e. The molecule has 8 heteroatoms. The second-order valence-corrected chi connectivity index (χ2v) is 7.24. The van der Waals surface area contributed by atoms with Gasteiger partial charge >= 0.3 is 6.09 Å². The molecule has 136 valence electrons. The Labute approximate surface area is 148 Å². The standard InChI is InChI=1S/C10H15ClN4.C6H13NO2/c1-7-3-2-4-15(6-7)9-5-8(11)13-10(12)14-9;1-6(2,3)9-5(8)7-4/h5,7H,2-4,6H2,1H3,(H2,12,13,14);1-4H3,(H,7,8). The summed E-state index contributed by atoms with van der Waals surface area (Å²) < 4.78 is 4.84. The fourth-order valence-electron chi connectivity index (χ4n) is 2.31. The Bertz CT molecular complexity index is 528. The van der Waals surface area contributed by atoms with Crippen LogP contribution in [0.5, 0.6) is 0 Å². The second kappa shape index (κ2) is 8.92. The first-order valence-electron chi connectivity index (χ1n) is 8.06. The molecule has 2 heterocycles. The summed E-state index contributed by atoms with van der Waals surface area (Å²) in [6.07, 6.45) is 2.09. The number of ether oxygens (including phenoxy) is 1. The Balaban J connectivity index is 0.000000277. The number of halogens is 1. The van der Waals surface area contributed by atoms with Gasteiger partial charge in [-0.25, -0.2) is 9.78 Å². The van der Waals surface area contributed by atoms with E-state index in [1.807, 2.05) is 20.8 Å².